The summed E-state index contributed by atoms with van der Waals surface area (Å²) in [6, 6.07) is 7.90. The summed E-state index contributed by atoms with van der Waals surface area (Å²) in [6.45, 7) is 0. The van der Waals surface area contributed by atoms with Crippen molar-refractivity contribution in [3.05, 3.63) is 35.9 Å². The molecule has 0 radical (unpaired) electrons. The summed E-state index contributed by atoms with van der Waals surface area (Å²) in [5.74, 6) is 0.641. The summed E-state index contributed by atoms with van der Waals surface area (Å²) in [4.78, 5) is 0. The van der Waals surface area contributed by atoms with Gasteiger partial charge in [0.2, 0.25) is 0 Å². The quantitative estimate of drug-likeness (QED) is 0.429. The van der Waals surface area contributed by atoms with Crippen LogP contribution in [0.4, 0.5) is 0 Å². The van der Waals surface area contributed by atoms with Crippen molar-refractivity contribution in [2.45, 2.75) is 12.0 Å². The van der Waals surface area contributed by atoms with Gasteiger partial charge < -0.3 is 0 Å². The number of alkyl halides is 1. The average Bonchev–Trinajstić information content (AvgIpc) is 2.14. The Morgan fingerprint density at radius 3 is 2.07 bits per heavy atom. The second-order valence-corrected chi connectivity index (χ2v) is 12.6. The monoisotopic (exact) mass is 286 g/mol. The fraction of sp³-hybridized carbons (Fsp3) is 0.333. The maximum absolute atomic E-state index is 5.87. The molecule has 0 amide bonds. The maximum atomic E-state index is 5.87. The molecule has 1 aromatic carbocycles. The van der Waals surface area contributed by atoms with Gasteiger partial charge in [-0.05, 0) is 17.5 Å². The third kappa shape index (κ3) is 4.41. The summed E-state index contributed by atoms with van der Waals surface area (Å²) in [5.41, 5.74) is 1.14. The smallest absolute Gasteiger partial charge is 0.126 e. The molecule has 78 valence electrons. The van der Waals surface area contributed by atoms with E-state index in [1.807, 2.05) is 30.3 Å². The van der Waals surface area contributed by atoms with Gasteiger partial charge in [-0.15, -0.1) is 44.8 Å². The van der Waals surface area contributed by atoms with Crippen LogP contribution in [0.25, 0.3) is 0 Å². The Labute approximate surface area is 104 Å². The molecule has 0 aromatic heterocycles. The fourth-order valence-electron chi connectivity index (χ4n) is 1.27. The lowest BCUT2D eigenvalue weighted by atomic mass is 10.0. The zero-order valence-corrected chi connectivity index (χ0v) is 11.4. The van der Waals surface area contributed by atoms with E-state index in [0.29, 0.717) is 11.9 Å². The van der Waals surface area contributed by atoms with Gasteiger partial charge in [0.05, 0.1) is 0 Å². The largest absolute Gasteiger partial charge is 0.342 e. The molecule has 0 aliphatic carbocycles. The molecule has 0 bridgehead atoms. The highest BCUT2D eigenvalue weighted by molar-refractivity contribution is 7.64. The standard InChI is InChI=1S/C9H10Cl4Si/c10-6-9(7-14(11,12)13)8-4-2-1-3-5-8/h1-5,9H,6-7H2. The van der Waals surface area contributed by atoms with Gasteiger partial charge in [-0.25, -0.2) is 0 Å². The van der Waals surface area contributed by atoms with Crippen molar-refractivity contribution in [1.29, 1.82) is 0 Å². The highest BCUT2D eigenvalue weighted by Gasteiger charge is 2.29. The number of rotatable bonds is 4. The normalized spacial score (nSPS) is 14.0. The minimum atomic E-state index is -2.59. The fourth-order valence-corrected chi connectivity index (χ4v) is 4.35. The van der Waals surface area contributed by atoms with Gasteiger partial charge in [0, 0.05) is 5.88 Å². The van der Waals surface area contributed by atoms with Crippen LogP contribution < -0.4 is 0 Å². The number of benzene rings is 1. The van der Waals surface area contributed by atoms with Crippen molar-refractivity contribution in [1.82, 2.24) is 0 Å². The number of halogens is 4. The van der Waals surface area contributed by atoms with Gasteiger partial charge in [-0.2, -0.15) is 0 Å². The van der Waals surface area contributed by atoms with E-state index in [1.54, 1.807) is 0 Å². The minimum absolute atomic E-state index is 0.150. The van der Waals surface area contributed by atoms with E-state index in [0.717, 1.165) is 5.56 Å². The van der Waals surface area contributed by atoms with E-state index >= 15 is 0 Å². The molecular weight excluding hydrogens is 278 g/mol. The van der Waals surface area contributed by atoms with Crippen molar-refractivity contribution in [2.24, 2.45) is 0 Å². The van der Waals surface area contributed by atoms with Crippen LogP contribution in [0.15, 0.2) is 30.3 Å². The molecule has 0 N–H and O–H groups in total. The lowest BCUT2D eigenvalue weighted by Crippen LogP contribution is -2.15. The van der Waals surface area contributed by atoms with Crippen LogP contribution in [0.5, 0.6) is 0 Å². The molecule has 1 unspecified atom stereocenters. The Hall–Kier alpha value is 0.597. The van der Waals surface area contributed by atoms with Crippen LogP contribution in [0.2, 0.25) is 6.04 Å². The summed E-state index contributed by atoms with van der Waals surface area (Å²) in [7, 11) is 0. The number of hydrogen-bond acceptors (Lipinski definition) is 0. The molecule has 5 heteroatoms. The van der Waals surface area contributed by atoms with Crippen molar-refractivity contribution in [3.63, 3.8) is 0 Å². The Kier molecular flexibility index (Phi) is 5.08. The van der Waals surface area contributed by atoms with E-state index in [9.17, 15) is 0 Å². The lowest BCUT2D eigenvalue weighted by molar-refractivity contribution is 0.867. The first-order chi connectivity index (χ1) is 6.53. The van der Waals surface area contributed by atoms with Gasteiger partial charge in [0.1, 0.15) is 0 Å². The van der Waals surface area contributed by atoms with Crippen molar-refractivity contribution >= 4 is 50.8 Å². The van der Waals surface area contributed by atoms with E-state index < -0.39 is 6.00 Å². The molecule has 1 rings (SSSR count). The summed E-state index contributed by atoms with van der Waals surface area (Å²) >= 11 is 23.5. The van der Waals surface area contributed by atoms with Gasteiger partial charge in [-0.1, -0.05) is 30.3 Å². The Balaban J connectivity index is 2.73. The van der Waals surface area contributed by atoms with Crippen LogP contribution in [0.1, 0.15) is 11.5 Å². The predicted molar refractivity (Wildman–Crippen MR) is 68.0 cm³/mol. The van der Waals surface area contributed by atoms with Crippen LogP contribution in [-0.4, -0.2) is 11.9 Å². The third-order valence-electron chi connectivity index (χ3n) is 1.94. The maximum Gasteiger partial charge on any atom is 0.342 e. The molecule has 0 nitrogen and oxygen atoms in total. The molecule has 0 heterocycles. The van der Waals surface area contributed by atoms with E-state index in [4.69, 9.17) is 44.8 Å². The average molecular weight is 288 g/mol. The first-order valence-corrected chi connectivity index (χ1v) is 9.98. The van der Waals surface area contributed by atoms with Crippen LogP contribution in [0.3, 0.4) is 0 Å². The first-order valence-electron chi connectivity index (χ1n) is 4.20. The summed E-state index contributed by atoms with van der Waals surface area (Å²) in [5, 5.41) is 0. The lowest BCUT2D eigenvalue weighted by Gasteiger charge is -2.17. The molecular formula is C9H10Cl4Si. The minimum Gasteiger partial charge on any atom is -0.126 e. The second kappa shape index (κ2) is 5.62. The van der Waals surface area contributed by atoms with Crippen LogP contribution in [-0.2, 0) is 0 Å². The highest BCUT2D eigenvalue weighted by atomic mass is 35.8. The summed E-state index contributed by atoms with van der Waals surface area (Å²) < 4.78 is 0. The van der Waals surface area contributed by atoms with E-state index in [2.05, 4.69) is 0 Å². The van der Waals surface area contributed by atoms with Crippen molar-refractivity contribution < 1.29 is 0 Å². The zero-order valence-electron chi connectivity index (χ0n) is 7.39. The molecule has 14 heavy (non-hydrogen) atoms. The molecule has 1 aromatic rings. The predicted octanol–water partition coefficient (Wildman–Crippen LogP) is 4.66. The zero-order chi connectivity index (χ0) is 10.6. The summed E-state index contributed by atoms with van der Waals surface area (Å²) in [6.07, 6.45) is 0. The Morgan fingerprint density at radius 1 is 1.07 bits per heavy atom. The van der Waals surface area contributed by atoms with Crippen molar-refractivity contribution in [2.75, 3.05) is 5.88 Å². The first kappa shape index (κ1) is 12.7. The van der Waals surface area contributed by atoms with Gasteiger partial charge in [0.15, 0.2) is 0 Å². The molecule has 0 saturated carbocycles. The van der Waals surface area contributed by atoms with E-state index in [-0.39, 0.29) is 5.92 Å². The van der Waals surface area contributed by atoms with Crippen LogP contribution in [0, 0.1) is 0 Å². The molecule has 0 aliphatic heterocycles. The highest BCUT2D eigenvalue weighted by Crippen LogP contribution is 2.34. The van der Waals surface area contributed by atoms with Crippen LogP contribution >= 0.6 is 44.8 Å². The molecule has 0 saturated heterocycles. The Morgan fingerprint density at radius 2 is 1.64 bits per heavy atom. The topological polar surface area (TPSA) is 0 Å². The second-order valence-electron chi connectivity index (χ2n) is 3.08. The van der Waals surface area contributed by atoms with Crippen molar-refractivity contribution in [3.8, 4) is 0 Å². The molecule has 0 aliphatic rings. The molecule has 0 spiro atoms. The van der Waals surface area contributed by atoms with Gasteiger partial charge >= 0.3 is 6.00 Å². The van der Waals surface area contributed by atoms with E-state index in [1.165, 1.54) is 0 Å². The third-order valence-corrected chi connectivity index (χ3v) is 4.65. The Bertz CT molecular complexity index is 270. The van der Waals surface area contributed by atoms with Gasteiger partial charge in [-0.3, -0.25) is 0 Å². The SMILES string of the molecule is ClCC(C[Si](Cl)(Cl)Cl)c1ccccc1. The number of hydrogen-bond donors (Lipinski definition) is 0. The molecule has 0 fully saturated rings. The molecule has 1 atom stereocenters. The van der Waals surface area contributed by atoms with Gasteiger partial charge in [0.25, 0.3) is 0 Å².